The summed E-state index contributed by atoms with van der Waals surface area (Å²) in [7, 11) is 0. The van der Waals surface area contributed by atoms with Crippen LogP contribution in [-0.2, 0) is 0 Å². The summed E-state index contributed by atoms with van der Waals surface area (Å²) in [6.07, 6.45) is 3.96. The van der Waals surface area contributed by atoms with Crippen LogP contribution < -0.4 is 0 Å². The van der Waals surface area contributed by atoms with Crippen molar-refractivity contribution in [2.45, 2.75) is 88.5 Å². The molecule has 0 aromatic carbocycles. The SMILES string of the molecule is CCC(C)CC(C)(CC)C(C)C(C)(C)C(C)(C)C. The standard InChI is InChI=1S/C18H38/c1-11-14(3)13-18(10,12-2)15(4)17(8,9)16(5,6)7/h14-15H,11-13H2,1-10H3. The fourth-order valence-electron chi connectivity index (χ4n) is 3.09. The Labute approximate surface area is 117 Å². The van der Waals surface area contributed by atoms with Crippen molar-refractivity contribution in [2.75, 3.05) is 0 Å². The highest BCUT2D eigenvalue weighted by molar-refractivity contribution is 4.94. The van der Waals surface area contributed by atoms with E-state index in [4.69, 9.17) is 0 Å². The van der Waals surface area contributed by atoms with Crippen molar-refractivity contribution in [3.63, 3.8) is 0 Å². The third kappa shape index (κ3) is 3.75. The molecule has 0 aromatic rings. The van der Waals surface area contributed by atoms with Crippen molar-refractivity contribution in [3.8, 4) is 0 Å². The first kappa shape index (κ1) is 18.0. The van der Waals surface area contributed by atoms with E-state index in [1.807, 2.05) is 0 Å². The highest BCUT2D eigenvalue weighted by Crippen LogP contribution is 2.53. The maximum absolute atomic E-state index is 2.51. The molecule has 0 N–H and O–H groups in total. The highest BCUT2D eigenvalue weighted by Gasteiger charge is 2.45. The molecule has 0 heterocycles. The molecule has 0 aliphatic heterocycles. The summed E-state index contributed by atoms with van der Waals surface area (Å²) in [5.74, 6) is 1.58. The molecule has 0 amide bonds. The monoisotopic (exact) mass is 254 g/mol. The molecule has 0 aliphatic carbocycles. The van der Waals surface area contributed by atoms with Gasteiger partial charge in [-0.3, -0.25) is 0 Å². The van der Waals surface area contributed by atoms with E-state index in [-0.39, 0.29) is 0 Å². The normalized spacial score (nSPS) is 20.3. The van der Waals surface area contributed by atoms with E-state index in [9.17, 15) is 0 Å². The molecule has 110 valence electrons. The molecular formula is C18H38. The molecule has 3 unspecified atom stereocenters. The van der Waals surface area contributed by atoms with Crippen molar-refractivity contribution in [2.24, 2.45) is 28.1 Å². The van der Waals surface area contributed by atoms with Crippen LogP contribution in [0.25, 0.3) is 0 Å². The number of hydrogen-bond donors (Lipinski definition) is 0. The van der Waals surface area contributed by atoms with Crippen LogP contribution in [0.1, 0.15) is 88.5 Å². The molecule has 0 saturated heterocycles. The summed E-state index contributed by atoms with van der Waals surface area (Å²) in [6, 6.07) is 0. The summed E-state index contributed by atoms with van der Waals surface area (Å²) in [5, 5.41) is 0. The fourth-order valence-corrected chi connectivity index (χ4v) is 3.09. The second kappa shape index (κ2) is 5.97. The molecule has 18 heavy (non-hydrogen) atoms. The Morgan fingerprint density at radius 3 is 1.56 bits per heavy atom. The van der Waals surface area contributed by atoms with Gasteiger partial charge < -0.3 is 0 Å². The maximum atomic E-state index is 2.51. The minimum absolute atomic E-state index is 0.359. The van der Waals surface area contributed by atoms with Crippen LogP contribution in [0.3, 0.4) is 0 Å². The van der Waals surface area contributed by atoms with Gasteiger partial charge in [-0.1, -0.05) is 82.1 Å². The van der Waals surface area contributed by atoms with Crippen LogP contribution in [0.4, 0.5) is 0 Å². The van der Waals surface area contributed by atoms with Crippen LogP contribution in [0.15, 0.2) is 0 Å². The molecule has 3 atom stereocenters. The molecule has 0 aliphatic rings. The van der Waals surface area contributed by atoms with Crippen LogP contribution in [-0.4, -0.2) is 0 Å². The van der Waals surface area contributed by atoms with E-state index in [1.165, 1.54) is 19.3 Å². The zero-order chi connectivity index (χ0) is 14.8. The van der Waals surface area contributed by atoms with Gasteiger partial charge in [0.1, 0.15) is 0 Å². The number of hydrogen-bond acceptors (Lipinski definition) is 0. The van der Waals surface area contributed by atoms with E-state index in [0.717, 1.165) is 11.8 Å². The van der Waals surface area contributed by atoms with Crippen molar-refractivity contribution >= 4 is 0 Å². The van der Waals surface area contributed by atoms with Gasteiger partial charge in [-0.05, 0) is 34.5 Å². The Hall–Kier alpha value is 0. The lowest BCUT2D eigenvalue weighted by molar-refractivity contribution is -0.0254. The highest BCUT2D eigenvalue weighted by atomic mass is 14.5. The van der Waals surface area contributed by atoms with Gasteiger partial charge in [0.15, 0.2) is 0 Å². The molecule has 0 spiro atoms. The third-order valence-corrected chi connectivity index (χ3v) is 6.38. The Balaban J connectivity index is 5.17. The summed E-state index contributed by atoms with van der Waals surface area (Å²) in [6.45, 7) is 24.2. The minimum Gasteiger partial charge on any atom is -0.0651 e. The summed E-state index contributed by atoms with van der Waals surface area (Å²) in [4.78, 5) is 0. The van der Waals surface area contributed by atoms with E-state index in [0.29, 0.717) is 16.2 Å². The quantitative estimate of drug-likeness (QED) is 0.504. The Kier molecular flexibility index (Phi) is 5.97. The largest absolute Gasteiger partial charge is 0.0651 e. The lowest BCUT2D eigenvalue weighted by atomic mass is 9.53. The number of rotatable bonds is 6. The van der Waals surface area contributed by atoms with Gasteiger partial charge in [-0.25, -0.2) is 0 Å². The fraction of sp³-hybridized carbons (Fsp3) is 1.00. The second-order valence-corrected chi connectivity index (χ2v) is 8.42. The van der Waals surface area contributed by atoms with Crippen LogP contribution in [0, 0.1) is 28.1 Å². The van der Waals surface area contributed by atoms with Gasteiger partial charge in [0.2, 0.25) is 0 Å². The van der Waals surface area contributed by atoms with Gasteiger partial charge in [0, 0.05) is 0 Å². The van der Waals surface area contributed by atoms with E-state index in [2.05, 4.69) is 69.2 Å². The Morgan fingerprint density at radius 1 is 0.833 bits per heavy atom. The smallest absolute Gasteiger partial charge is 0.0275 e. The van der Waals surface area contributed by atoms with Crippen LogP contribution >= 0.6 is 0 Å². The Morgan fingerprint density at radius 2 is 1.28 bits per heavy atom. The summed E-state index contributed by atoms with van der Waals surface area (Å²) in [5.41, 5.74) is 1.19. The molecule has 0 heteroatoms. The minimum atomic E-state index is 0.359. The Bertz CT molecular complexity index is 243. The molecule has 0 fully saturated rings. The third-order valence-electron chi connectivity index (χ3n) is 6.38. The average molecular weight is 255 g/mol. The van der Waals surface area contributed by atoms with Gasteiger partial charge in [-0.15, -0.1) is 0 Å². The summed E-state index contributed by atoms with van der Waals surface area (Å²) >= 11 is 0. The average Bonchev–Trinajstić information content (AvgIpc) is 2.25. The van der Waals surface area contributed by atoms with Crippen molar-refractivity contribution in [3.05, 3.63) is 0 Å². The zero-order valence-electron chi connectivity index (χ0n) is 14.8. The van der Waals surface area contributed by atoms with Crippen LogP contribution in [0.2, 0.25) is 0 Å². The zero-order valence-corrected chi connectivity index (χ0v) is 14.8. The summed E-state index contributed by atoms with van der Waals surface area (Å²) < 4.78 is 0. The molecule has 0 radical (unpaired) electrons. The molecule has 0 saturated carbocycles. The van der Waals surface area contributed by atoms with Crippen molar-refractivity contribution in [1.82, 2.24) is 0 Å². The molecule has 0 aromatic heterocycles. The first-order chi connectivity index (χ1) is 7.92. The van der Waals surface area contributed by atoms with Crippen molar-refractivity contribution < 1.29 is 0 Å². The lowest BCUT2D eigenvalue weighted by Crippen LogP contribution is -2.44. The first-order valence-electron chi connectivity index (χ1n) is 7.92. The van der Waals surface area contributed by atoms with E-state index >= 15 is 0 Å². The van der Waals surface area contributed by atoms with E-state index < -0.39 is 0 Å². The molecular weight excluding hydrogens is 216 g/mol. The molecule has 0 rings (SSSR count). The van der Waals surface area contributed by atoms with Crippen LogP contribution in [0.5, 0.6) is 0 Å². The lowest BCUT2D eigenvalue weighted by Gasteiger charge is -2.52. The van der Waals surface area contributed by atoms with Gasteiger partial charge in [0.25, 0.3) is 0 Å². The van der Waals surface area contributed by atoms with Gasteiger partial charge in [0.05, 0.1) is 0 Å². The first-order valence-corrected chi connectivity index (χ1v) is 7.92. The van der Waals surface area contributed by atoms with E-state index in [1.54, 1.807) is 0 Å². The van der Waals surface area contributed by atoms with Gasteiger partial charge >= 0.3 is 0 Å². The maximum Gasteiger partial charge on any atom is -0.0275 e. The topological polar surface area (TPSA) is 0 Å². The molecule has 0 bridgehead atoms. The predicted molar refractivity (Wildman–Crippen MR) is 84.9 cm³/mol. The van der Waals surface area contributed by atoms with Crippen molar-refractivity contribution in [1.29, 1.82) is 0 Å². The predicted octanol–water partition coefficient (Wildman–Crippen LogP) is 6.55. The molecule has 0 nitrogen and oxygen atoms in total. The second-order valence-electron chi connectivity index (χ2n) is 8.42. The van der Waals surface area contributed by atoms with Gasteiger partial charge in [-0.2, -0.15) is 0 Å².